The van der Waals surface area contributed by atoms with E-state index in [9.17, 15) is 13.2 Å². The van der Waals surface area contributed by atoms with Gasteiger partial charge in [0.05, 0.1) is 10.7 Å². The molecule has 0 aromatic carbocycles. The molecule has 2 rings (SSSR count). The fourth-order valence-corrected chi connectivity index (χ4v) is 3.78. The molecular formula is C12H16O3S. The Morgan fingerprint density at radius 1 is 1.44 bits per heavy atom. The molecule has 0 aliphatic heterocycles. The van der Waals surface area contributed by atoms with Gasteiger partial charge in [-0.2, -0.15) is 0 Å². The van der Waals surface area contributed by atoms with Gasteiger partial charge in [-0.1, -0.05) is 13.0 Å². The number of rotatable bonds is 3. The van der Waals surface area contributed by atoms with Crippen LogP contribution >= 0.6 is 0 Å². The Morgan fingerprint density at radius 3 is 2.88 bits per heavy atom. The third-order valence-corrected chi connectivity index (χ3v) is 5.16. The highest BCUT2D eigenvalue weighted by atomic mass is 32.2. The standard InChI is InChI=1S/C12H16O3S/c1-2-7-16(14,15)10-5-3-9-4-6-12(13)11(9)8-10/h5,8-9H,2-4,6-7H2,1H3. The van der Waals surface area contributed by atoms with E-state index in [2.05, 4.69) is 0 Å². The van der Waals surface area contributed by atoms with E-state index < -0.39 is 9.84 Å². The highest BCUT2D eigenvalue weighted by molar-refractivity contribution is 7.95. The van der Waals surface area contributed by atoms with Gasteiger partial charge in [-0.05, 0) is 36.8 Å². The number of ketones is 1. The maximum atomic E-state index is 11.9. The van der Waals surface area contributed by atoms with Crippen molar-refractivity contribution in [1.29, 1.82) is 0 Å². The monoisotopic (exact) mass is 240 g/mol. The van der Waals surface area contributed by atoms with Gasteiger partial charge in [0.25, 0.3) is 0 Å². The van der Waals surface area contributed by atoms with Gasteiger partial charge in [-0.15, -0.1) is 0 Å². The molecular weight excluding hydrogens is 224 g/mol. The molecule has 0 N–H and O–H groups in total. The van der Waals surface area contributed by atoms with Crippen LogP contribution in [0.1, 0.15) is 32.6 Å². The molecule has 3 nitrogen and oxygen atoms in total. The van der Waals surface area contributed by atoms with Crippen molar-refractivity contribution in [2.24, 2.45) is 5.92 Å². The summed E-state index contributed by atoms with van der Waals surface area (Å²) < 4.78 is 23.7. The average Bonchev–Trinajstić information content (AvgIpc) is 2.60. The van der Waals surface area contributed by atoms with Crippen molar-refractivity contribution in [3.63, 3.8) is 0 Å². The second-order valence-corrected chi connectivity index (χ2v) is 6.53. The van der Waals surface area contributed by atoms with Crippen LogP contribution in [-0.2, 0) is 14.6 Å². The SMILES string of the molecule is CCCS(=O)(=O)C1=CCC2CCC(=O)C2=C1. The normalized spacial score (nSPS) is 25.1. The fraction of sp³-hybridized carbons (Fsp3) is 0.583. The summed E-state index contributed by atoms with van der Waals surface area (Å²) >= 11 is 0. The van der Waals surface area contributed by atoms with Crippen LogP contribution in [0.5, 0.6) is 0 Å². The van der Waals surface area contributed by atoms with Crippen molar-refractivity contribution >= 4 is 15.6 Å². The maximum absolute atomic E-state index is 11.9. The number of sulfone groups is 1. The van der Waals surface area contributed by atoms with E-state index in [1.807, 2.05) is 6.92 Å². The minimum absolute atomic E-state index is 0.127. The molecule has 1 unspecified atom stereocenters. The molecule has 0 amide bonds. The molecule has 0 bridgehead atoms. The van der Waals surface area contributed by atoms with Crippen molar-refractivity contribution < 1.29 is 13.2 Å². The van der Waals surface area contributed by atoms with E-state index in [4.69, 9.17) is 0 Å². The number of allylic oxidation sites excluding steroid dienone is 3. The summed E-state index contributed by atoms with van der Waals surface area (Å²) in [5, 5.41) is 0. The Kier molecular flexibility index (Phi) is 3.02. The van der Waals surface area contributed by atoms with Crippen LogP contribution in [0.4, 0.5) is 0 Å². The van der Waals surface area contributed by atoms with Crippen LogP contribution in [0.2, 0.25) is 0 Å². The summed E-state index contributed by atoms with van der Waals surface area (Å²) in [6.07, 6.45) is 6.15. The Hall–Kier alpha value is -0.900. The van der Waals surface area contributed by atoms with E-state index in [0.717, 1.165) is 12.0 Å². The molecule has 88 valence electrons. The first-order valence-electron chi connectivity index (χ1n) is 5.72. The van der Waals surface area contributed by atoms with Gasteiger partial charge in [-0.25, -0.2) is 8.42 Å². The number of carbonyl (C=O) groups is 1. The van der Waals surface area contributed by atoms with Gasteiger partial charge in [0.1, 0.15) is 0 Å². The molecule has 2 aliphatic carbocycles. The lowest BCUT2D eigenvalue weighted by atomic mass is 9.94. The van der Waals surface area contributed by atoms with Crippen LogP contribution in [0.15, 0.2) is 22.6 Å². The molecule has 0 spiro atoms. The molecule has 2 aliphatic rings. The number of hydrogen-bond acceptors (Lipinski definition) is 3. The third kappa shape index (κ3) is 1.98. The summed E-state index contributed by atoms with van der Waals surface area (Å²) in [4.78, 5) is 11.9. The van der Waals surface area contributed by atoms with Crippen molar-refractivity contribution in [2.75, 3.05) is 5.75 Å². The summed E-state index contributed by atoms with van der Waals surface area (Å²) in [7, 11) is -3.16. The lowest BCUT2D eigenvalue weighted by Crippen LogP contribution is -2.13. The quantitative estimate of drug-likeness (QED) is 0.758. The zero-order valence-electron chi connectivity index (χ0n) is 9.40. The van der Waals surface area contributed by atoms with Gasteiger partial charge in [0, 0.05) is 6.42 Å². The molecule has 0 heterocycles. The Bertz CT molecular complexity index is 468. The van der Waals surface area contributed by atoms with Crippen LogP contribution in [0, 0.1) is 5.92 Å². The highest BCUT2D eigenvalue weighted by Gasteiger charge is 2.32. The van der Waals surface area contributed by atoms with Crippen LogP contribution in [0.25, 0.3) is 0 Å². The first-order valence-corrected chi connectivity index (χ1v) is 7.37. The molecule has 0 aromatic rings. The van der Waals surface area contributed by atoms with E-state index in [-0.39, 0.29) is 17.5 Å². The lowest BCUT2D eigenvalue weighted by molar-refractivity contribution is -0.114. The van der Waals surface area contributed by atoms with E-state index in [1.54, 1.807) is 12.2 Å². The lowest BCUT2D eigenvalue weighted by Gasteiger charge is -2.15. The van der Waals surface area contributed by atoms with Crippen molar-refractivity contribution in [3.8, 4) is 0 Å². The predicted molar refractivity (Wildman–Crippen MR) is 62.6 cm³/mol. The van der Waals surface area contributed by atoms with Crippen LogP contribution < -0.4 is 0 Å². The molecule has 1 fully saturated rings. The average molecular weight is 240 g/mol. The number of fused-ring (bicyclic) bond motifs is 1. The first-order chi connectivity index (χ1) is 7.54. The topological polar surface area (TPSA) is 51.2 Å². The largest absolute Gasteiger partial charge is 0.295 e. The fourth-order valence-electron chi connectivity index (χ4n) is 2.35. The molecule has 16 heavy (non-hydrogen) atoms. The summed E-state index contributed by atoms with van der Waals surface area (Å²) in [5.41, 5.74) is 0.733. The zero-order chi connectivity index (χ0) is 11.8. The summed E-state index contributed by atoms with van der Waals surface area (Å²) in [6, 6.07) is 0. The zero-order valence-corrected chi connectivity index (χ0v) is 10.2. The molecule has 4 heteroatoms. The van der Waals surface area contributed by atoms with Crippen LogP contribution in [-0.4, -0.2) is 20.0 Å². The van der Waals surface area contributed by atoms with E-state index >= 15 is 0 Å². The van der Waals surface area contributed by atoms with Gasteiger partial charge < -0.3 is 0 Å². The number of Topliss-reactive ketones (excluding diaryl/α,β-unsaturated/α-hetero) is 1. The van der Waals surface area contributed by atoms with Crippen molar-refractivity contribution in [3.05, 3.63) is 22.6 Å². The smallest absolute Gasteiger partial charge is 0.178 e. The summed E-state index contributed by atoms with van der Waals surface area (Å²) in [6.45, 7) is 1.84. The molecule has 1 atom stereocenters. The van der Waals surface area contributed by atoms with Gasteiger partial charge >= 0.3 is 0 Å². The second-order valence-electron chi connectivity index (χ2n) is 4.42. The van der Waals surface area contributed by atoms with E-state index in [0.29, 0.717) is 24.2 Å². The number of carbonyl (C=O) groups excluding carboxylic acids is 1. The Balaban J connectivity index is 2.30. The molecule has 0 saturated heterocycles. The Labute approximate surface area is 96.1 Å². The van der Waals surface area contributed by atoms with Crippen molar-refractivity contribution in [2.45, 2.75) is 32.6 Å². The minimum atomic E-state index is -3.16. The Morgan fingerprint density at radius 2 is 2.19 bits per heavy atom. The molecule has 1 saturated carbocycles. The highest BCUT2D eigenvalue weighted by Crippen LogP contribution is 2.36. The second kappa shape index (κ2) is 4.17. The van der Waals surface area contributed by atoms with Crippen molar-refractivity contribution in [1.82, 2.24) is 0 Å². The van der Waals surface area contributed by atoms with Crippen LogP contribution in [0.3, 0.4) is 0 Å². The minimum Gasteiger partial charge on any atom is -0.295 e. The number of hydrogen-bond donors (Lipinski definition) is 0. The van der Waals surface area contributed by atoms with Gasteiger partial charge in [0.15, 0.2) is 15.6 Å². The summed E-state index contributed by atoms with van der Waals surface area (Å²) in [5.74, 6) is 0.567. The molecule has 0 aromatic heterocycles. The maximum Gasteiger partial charge on any atom is 0.178 e. The van der Waals surface area contributed by atoms with E-state index in [1.165, 1.54) is 0 Å². The van der Waals surface area contributed by atoms with Gasteiger partial charge in [0.2, 0.25) is 0 Å². The third-order valence-electron chi connectivity index (χ3n) is 3.21. The molecule has 0 radical (unpaired) electrons. The van der Waals surface area contributed by atoms with Gasteiger partial charge in [-0.3, -0.25) is 4.79 Å². The first kappa shape index (κ1) is 11.6. The predicted octanol–water partition coefficient (Wildman–Crippen LogP) is 2.00.